The number of likely N-dealkylation sites (N-methyl/N-ethyl adjacent to an activating group) is 1. The van der Waals surface area contributed by atoms with E-state index in [9.17, 15) is 0 Å². The molecular formula is C13H22N4. The van der Waals surface area contributed by atoms with Crippen molar-refractivity contribution >= 4 is 5.82 Å². The summed E-state index contributed by atoms with van der Waals surface area (Å²) in [5, 5.41) is 0. The van der Waals surface area contributed by atoms with E-state index >= 15 is 0 Å². The number of hydrogen-bond acceptors (Lipinski definition) is 4. The Morgan fingerprint density at radius 3 is 2.88 bits per heavy atom. The number of anilines is 1. The summed E-state index contributed by atoms with van der Waals surface area (Å²) < 4.78 is 0. The zero-order chi connectivity index (χ0) is 12.4. The smallest absolute Gasteiger partial charge is 0.133 e. The van der Waals surface area contributed by atoms with Gasteiger partial charge >= 0.3 is 0 Å². The predicted octanol–water partition coefficient (Wildman–Crippen LogP) is 0.989. The summed E-state index contributed by atoms with van der Waals surface area (Å²) in [5.74, 6) is 1.08. The number of piperazine rings is 1. The molecule has 4 nitrogen and oxygen atoms in total. The second kappa shape index (κ2) is 5.02. The largest absolute Gasteiger partial charge is 0.351 e. The van der Waals surface area contributed by atoms with Gasteiger partial charge in [-0.15, -0.1) is 0 Å². The van der Waals surface area contributed by atoms with Gasteiger partial charge in [0.05, 0.1) is 0 Å². The van der Waals surface area contributed by atoms with Gasteiger partial charge in [-0.3, -0.25) is 0 Å². The molecule has 1 aromatic rings. The number of aryl methyl sites for hydroxylation is 1. The molecule has 1 fully saturated rings. The Labute approximate surface area is 103 Å². The monoisotopic (exact) mass is 234 g/mol. The Morgan fingerprint density at radius 2 is 2.24 bits per heavy atom. The lowest BCUT2D eigenvalue weighted by molar-refractivity contribution is 0.274. The first kappa shape index (κ1) is 12.3. The lowest BCUT2D eigenvalue weighted by Crippen LogP contribution is -2.51. The number of nitrogens with zero attached hydrogens (tertiary/aromatic N) is 3. The van der Waals surface area contributed by atoms with Gasteiger partial charge in [-0.2, -0.15) is 0 Å². The van der Waals surface area contributed by atoms with E-state index in [1.165, 1.54) is 11.1 Å². The average Bonchev–Trinajstić information content (AvgIpc) is 2.29. The van der Waals surface area contributed by atoms with Gasteiger partial charge in [0.1, 0.15) is 5.82 Å². The summed E-state index contributed by atoms with van der Waals surface area (Å²) in [6, 6.07) is 2.53. The zero-order valence-corrected chi connectivity index (χ0v) is 11.0. The van der Waals surface area contributed by atoms with Crippen LogP contribution >= 0.6 is 0 Å². The molecule has 0 spiro atoms. The second-order valence-electron chi connectivity index (χ2n) is 4.94. The molecule has 0 radical (unpaired) electrons. The molecule has 94 valence electrons. The summed E-state index contributed by atoms with van der Waals surface area (Å²) in [7, 11) is 2.17. The SMILES string of the molecule is Cc1ccnc(N2CCN(C)CC2C)c1CN. The quantitative estimate of drug-likeness (QED) is 0.829. The van der Waals surface area contributed by atoms with Crippen LogP contribution in [0.3, 0.4) is 0 Å². The van der Waals surface area contributed by atoms with Crippen LogP contribution in [0.15, 0.2) is 12.3 Å². The Bertz CT molecular complexity index is 391. The summed E-state index contributed by atoms with van der Waals surface area (Å²) in [6.07, 6.45) is 1.88. The van der Waals surface area contributed by atoms with Crippen molar-refractivity contribution in [1.82, 2.24) is 9.88 Å². The molecule has 0 aromatic carbocycles. The van der Waals surface area contributed by atoms with Gasteiger partial charge in [0.25, 0.3) is 0 Å². The highest BCUT2D eigenvalue weighted by Gasteiger charge is 2.24. The zero-order valence-electron chi connectivity index (χ0n) is 11.0. The molecule has 0 aliphatic carbocycles. The van der Waals surface area contributed by atoms with Crippen LogP contribution in [0.2, 0.25) is 0 Å². The van der Waals surface area contributed by atoms with Crippen LogP contribution in [0.25, 0.3) is 0 Å². The summed E-state index contributed by atoms with van der Waals surface area (Å²) in [5.41, 5.74) is 8.28. The van der Waals surface area contributed by atoms with Gasteiger partial charge in [-0.25, -0.2) is 4.98 Å². The summed E-state index contributed by atoms with van der Waals surface area (Å²) in [4.78, 5) is 9.28. The predicted molar refractivity (Wildman–Crippen MR) is 71.2 cm³/mol. The van der Waals surface area contributed by atoms with Crippen molar-refractivity contribution in [2.45, 2.75) is 26.4 Å². The fraction of sp³-hybridized carbons (Fsp3) is 0.615. The number of pyridine rings is 1. The van der Waals surface area contributed by atoms with E-state index in [1.807, 2.05) is 12.3 Å². The second-order valence-corrected chi connectivity index (χ2v) is 4.94. The minimum absolute atomic E-state index is 0.494. The molecule has 1 unspecified atom stereocenters. The number of nitrogens with two attached hydrogens (primary N) is 1. The Kier molecular flexibility index (Phi) is 3.64. The molecule has 0 bridgehead atoms. The standard InChI is InChI=1S/C13H22N4/c1-10-4-5-15-13(12(10)8-14)17-7-6-16(3)9-11(17)2/h4-5,11H,6-9,14H2,1-3H3. The van der Waals surface area contributed by atoms with Crippen LogP contribution in [0.5, 0.6) is 0 Å². The molecule has 1 aromatic heterocycles. The molecule has 4 heteroatoms. The van der Waals surface area contributed by atoms with Crippen molar-refractivity contribution in [1.29, 1.82) is 0 Å². The van der Waals surface area contributed by atoms with E-state index in [1.54, 1.807) is 0 Å². The normalized spacial score (nSPS) is 21.9. The number of hydrogen-bond donors (Lipinski definition) is 1. The third kappa shape index (κ3) is 2.42. The first-order chi connectivity index (χ1) is 8.13. The summed E-state index contributed by atoms with van der Waals surface area (Å²) >= 11 is 0. The van der Waals surface area contributed by atoms with Gasteiger partial charge in [0, 0.05) is 44.0 Å². The molecule has 0 saturated carbocycles. The molecule has 17 heavy (non-hydrogen) atoms. The van der Waals surface area contributed by atoms with E-state index in [0.717, 1.165) is 25.5 Å². The van der Waals surface area contributed by atoms with Gasteiger partial charge in [0.2, 0.25) is 0 Å². The van der Waals surface area contributed by atoms with E-state index in [-0.39, 0.29) is 0 Å². The molecule has 0 amide bonds. The first-order valence-electron chi connectivity index (χ1n) is 6.23. The topological polar surface area (TPSA) is 45.4 Å². The molecule has 1 aliphatic heterocycles. The van der Waals surface area contributed by atoms with Gasteiger partial charge in [0.15, 0.2) is 0 Å². The van der Waals surface area contributed by atoms with Gasteiger partial charge in [-0.05, 0) is 32.5 Å². The van der Waals surface area contributed by atoms with E-state index in [2.05, 4.69) is 35.7 Å². The van der Waals surface area contributed by atoms with Crippen molar-refractivity contribution in [3.05, 3.63) is 23.4 Å². The molecule has 2 rings (SSSR count). The summed E-state index contributed by atoms with van der Waals surface area (Å²) in [6.45, 7) is 8.12. The van der Waals surface area contributed by atoms with Crippen LogP contribution in [-0.4, -0.2) is 42.6 Å². The highest BCUT2D eigenvalue weighted by atomic mass is 15.3. The lowest BCUT2D eigenvalue weighted by Gasteiger charge is -2.40. The third-order valence-corrected chi connectivity index (χ3v) is 3.57. The van der Waals surface area contributed by atoms with Crippen LogP contribution in [0.4, 0.5) is 5.82 Å². The van der Waals surface area contributed by atoms with E-state index in [0.29, 0.717) is 12.6 Å². The maximum Gasteiger partial charge on any atom is 0.133 e. The van der Waals surface area contributed by atoms with Crippen LogP contribution < -0.4 is 10.6 Å². The van der Waals surface area contributed by atoms with Crippen molar-refractivity contribution < 1.29 is 0 Å². The molecule has 2 N–H and O–H groups in total. The molecule has 2 heterocycles. The number of rotatable bonds is 2. The molecule has 1 saturated heterocycles. The highest BCUT2D eigenvalue weighted by molar-refractivity contribution is 5.51. The van der Waals surface area contributed by atoms with Crippen molar-refractivity contribution in [2.75, 3.05) is 31.6 Å². The van der Waals surface area contributed by atoms with Crippen molar-refractivity contribution in [3.8, 4) is 0 Å². The number of aromatic nitrogens is 1. The van der Waals surface area contributed by atoms with Crippen LogP contribution in [0.1, 0.15) is 18.1 Å². The lowest BCUT2D eigenvalue weighted by atomic mass is 10.1. The Hall–Kier alpha value is -1.13. The first-order valence-corrected chi connectivity index (χ1v) is 6.23. The van der Waals surface area contributed by atoms with Crippen molar-refractivity contribution in [2.24, 2.45) is 5.73 Å². The third-order valence-electron chi connectivity index (χ3n) is 3.57. The molecular weight excluding hydrogens is 212 g/mol. The minimum Gasteiger partial charge on any atom is -0.351 e. The average molecular weight is 234 g/mol. The van der Waals surface area contributed by atoms with Crippen LogP contribution in [0, 0.1) is 6.92 Å². The maximum atomic E-state index is 5.85. The van der Waals surface area contributed by atoms with E-state index in [4.69, 9.17) is 5.73 Å². The maximum absolute atomic E-state index is 5.85. The molecule has 1 aliphatic rings. The van der Waals surface area contributed by atoms with Crippen LogP contribution in [-0.2, 0) is 6.54 Å². The van der Waals surface area contributed by atoms with E-state index < -0.39 is 0 Å². The Morgan fingerprint density at radius 1 is 1.47 bits per heavy atom. The highest BCUT2D eigenvalue weighted by Crippen LogP contribution is 2.24. The fourth-order valence-electron chi connectivity index (χ4n) is 2.53. The molecule has 1 atom stereocenters. The van der Waals surface area contributed by atoms with Gasteiger partial charge in [-0.1, -0.05) is 0 Å². The van der Waals surface area contributed by atoms with Gasteiger partial charge < -0.3 is 15.5 Å². The fourth-order valence-corrected chi connectivity index (χ4v) is 2.53. The minimum atomic E-state index is 0.494. The Balaban J connectivity index is 2.30. The van der Waals surface area contributed by atoms with Crippen molar-refractivity contribution in [3.63, 3.8) is 0 Å².